The zero-order valence-corrected chi connectivity index (χ0v) is 13.5. The number of carbonyl (C=O) groups excluding carboxylic acids is 2. The van der Waals surface area contributed by atoms with Crippen LogP contribution in [0.5, 0.6) is 0 Å². The Bertz CT molecular complexity index is 617. The minimum atomic E-state index is -1.07. The van der Waals surface area contributed by atoms with E-state index in [1.807, 2.05) is 17.5 Å². The van der Waals surface area contributed by atoms with Gasteiger partial charge >= 0.3 is 5.97 Å². The molecule has 23 heavy (non-hydrogen) atoms. The summed E-state index contributed by atoms with van der Waals surface area (Å²) in [5, 5.41) is 11.0. The van der Waals surface area contributed by atoms with E-state index in [2.05, 4.69) is 0 Å². The van der Waals surface area contributed by atoms with Gasteiger partial charge in [-0.1, -0.05) is 6.07 Å². The quantitative estimate of drug-likeness (QED) is 0.871. The van der Waals surface area contributed by atoms with E-state index in [1.54, 1.807) is 11.9 Å². The number of rotatable bonds is 3. The Hall–Kier alpha value is -1.93. The summed E-state index contributed by atoms with van der Waals surface area (Å²) in [6.45, 7) is 0.580. The molecule has 1 aromatic heterocycles. The van der Waals surface area contributed by atoms with E-state index in [9.17, 15) is 14.4 Å². The van der Waals surface area contributed by atoms with Crippen LogP contribution < -0.4 is 0 Å². The fraction of sp³-hybridized carbons (Fsp3) is 0.533. The van der Waals surface area contributed by atoms with Crippen molar-refractivity contribution in [2.75, 3.05) is 26.7 Å². The third-order valence-electron chi connectivity index (χ3n) is 4.39. The first-order valence-electron chi connectivity index (χ1n) is 7.41. The number of carboxylic acids is 1. The average Bonchev–Trinajstić information content (AvgIpc) is 3.16. The highest BCUT2D eigenvalue weighted by Gasteiger charge is 2.45. The van der Waals surface area contributed by atoms with Crippen LogP contribution in [-0.2, 0) is 19.1 Å². The molecule has 2 amide bonds. The van der Waals surface area contributed by atoms with Gasteiger partial charge in [-0.3, -0.25) is 9.59 Å². The second-order valence-corrected chi connectivity index (χ2v) is 6.74. The van der Waals surface area contributed by atoms with Crippen LogP contribution in [0.3, 0.4) is 0 Å². The van der Waals surface area contributed by atoms with Gasteiger partial charge in [0.1, 0.15) is 0 Å². The molecule has 1 aromatic rings. The molecule has 0 spiro atoms. The summed E-state index contributed by atoms with van der Waals surface area (Å²) in [5.74, 6) is -1.78. The maximum absolute atomic E-state index is 12.9. The van der Waals surface area contributed by atoms with Crippen molar-refractivity contribution in [1.82, 2.24) is 9.80 Å². The lowest BCUT2D eigenvalue weighted by molar-refractivity contribution is -0.160. The lowest BCUT2D eigenvalue weighted by Gasteiger charge is -2.34. The second-order valence-electron chi connectivity index (χ2n) is 5.76. The number of amides is 2. The summed E-state index contributed by atoms with van der Waals surface area (Å²) >= 11 is 1.52. The lowest BCUT2D eigenvalue weighted by Crippen LogP contribution is -2.50. The predicted molar refractivity (Wildman–Crippen MR) is 81.9 cm³/mol. The summed E-state index contributed by atoms with van der Waals surface area (Å²) in [7, 11) is 1.71. The molecule has 8 heteroatoms. The van der Waals surface area contributed by atoms with E-state index in [0.29, 0.717) is 6.54 Å². The fourth-order valence-corrected chi connectivity index (χ4v) is 4.11. The van der Waals surface area contributed by atoms with Gasteiger partial charge < -0.3 is 19.6 Å². The number of hydrogen-bond donors (Lipinski definition) is 1. The van der Waals surface area contributed by atoms with Crippen molar-refractivity contribution in [3.63, 3.8) is 0 Å². The summed E-state index contributed by atoms with van der Waals surface area (Å²) < 4.78 is 5.16. The molecule has 3 rings (SSSR count). The minimum absolute atomic E-state index is 0.0275. The summed E-state index contributed by atoms with van der Waals surface area (Å²) in [4.78, 5) is 40.1. The van der Waals surface area contributed by atoms with E-state index < -0.39 is 18.0 Å². The van der Waals surface area contributed by atoms with Gasteiger partial charge in [0.15, 0.2) is 6.10 Å². The van der Waals surface area contributed by atoms with Crippen molar-refractivity contribution in [3.8, 4) is 0 Å². The van der Waals surface area contributed by atoms with Gasteiger partial charge in [-0.25, -0.2) is 4.79 Å². The van der Waals surface area contributed by atoms with Crippen LogP contribution in [0.15, 0.2) is 17.5 Å². The topological polar surface area (TPSA) is 87.2 Å². The molecule has 0 aromatic carbocycles. The van der Waals surface area contributed by atoms with Crippen LogP contribution in [-0.4, -0.2) is 65.5 Å². The monoisotopic (exact) mass is 338 g/mol. The van der Waals surface area contributed by atoms with Crippen molar-refractivity contribution in [1.29, 1.82) is 0 Å². The average molecular weight is 338 g/mol. The first kappa shape index (κ1) is 15.9. The standard InChI is InChI=1S/C15H18N2O5S/c1-16-12(18)7-9(13(16)11-3-2-6-23-11)14(19)17-4-5-22-10(8-17)15(20)21/h2-3,6,9-10,13H,4-5,7-8H2,1H3,(H,20,21)/t9-,10+,13+/m0/s1. The third kappa shape index (κ3) is 2.96. The van der Waals surface area contributed by atoms with Crippen molar-refractivity contribution in [3.05, 3.63) is 22.4 Å². The van der Waals surface area contributed by atoms with E-state index >= 15 is 0 Å². The van der Waals surface area contributed by atoms with Gasteiger partial charge in [0.05, 0.1) is 25.1 Å². The highest BCUT2D eigenvalue weighted by Crippen LogP contribution is 2.40. The highest BCUT2D eigenvalue weighted by atomic mass is 32.1. The van der Waals surface area contributed by atoms with E-state index in [4.69, 9.17) is 9.84 Å². The largest absolute Gasteiger partial charge is 0.479 e. The molecule has 124 valence electrons. The smallest absolute Gasteiger partial charge is 0.334 e. The molecule has 2 aliphatic heterocycles. The Kier molecular flexibility index (Phi) is 4.36. The SMILES string of the molecule is CN1C(=O)C[C@H](C(=O)N2CCO[C@@H](C(=O)O)C2)[C@@H]1c1cccs1. The van der Waals surface area contributed by atoms with Crippen molar-refractivity contribution < 1.29 is 24.2 Å². The zero-order valence-electron chi connectivity index (χ0n) is 12.7. The summed E-state index contributed by atoms with van der Waals surface area (Å²) in [6, 6.07) is 3.54. The molecular weight excluding hydrogens is 320 g/mol. The van der Waals surface area contributed by atoms with E-state index in [-0.39, 0.29) is 37.4 Å². The number of ether oxygens (including phenoxy) is 1. The Morgan fingerprint density at radius 3 is 2.87 bits per heavy atom. The molecule has 0 unspecified atom stereocenters. The van der Waals surface area contributed by atoms with Gasteiger partial charge in [-0.2, -0.15) is 0 Å². The predicted octanol–water partition coefficient (Wildman–Crippen LogP) is 0.580. The number of nitrogens with zero attached hydrogens (tertiary/aromatic N) is 2. The number of thiophene rings is 1. The first-order valence-corrected chi connectivity index (χ1v) is 8.29. The van der Waals surface area contributed by atoms with Crippen molar-refractivity contribution >= 4 is 29.1 Å². The number of morpholine rings is 1. The van der Waals surface area contributed by atoms with Crippen LogP contribution >= 0.6 is 11.3 Å². The van der Waals surface area contributed by atoms with Crippen LogP contribution in [0, 0.1) is 5.92 Å². The highest BCUT2D eigenvalue weighted by molar-refractivity contribution is 7.10. The molecule has 0 bridgehead atoms. The molecule has 3 heterocycles. The molecule has 2 aliphatic rings. The molecule has 0 aliphatic carbocycles. The van der Waals surface area contributed by atoms with Gasteiger partial charge in [0.2, 0.25) is 11.8 Å². The molecule has 3 atom stereocenters. The van der Waals surface area contributed by atoms with Gasteiger partial charge in [0.25, 0.3) is 0 Å². The minimum Gasteiger partial charge on any atom is -0.479 e. The Morgan fingerprint density at radius 2 is 2.22 bits per heavy atom. The number of carboxylic acid groups (broad SMARTS) is 1. The van der Waals surface area contributed by atoms with Crippen molar-refractivity contribution in [2.45, 2.75) is 18.6 Å². The number of likely N-dealkylation sites (tertiary alicyclic amines) is 1. The summed E-state index contributed by atoms with van der Waals surface area (Å²) in [5.41, 5.74) is 0. The Morgan fingerprint density at radius 1 is 1.43 bits per heavy atom. The number of aliphatic carboxylic acids is 1. The Labute approximate surface area is 137 Å². The second kappa shape index (κ2) is 6.29. The zero-order chi connectivity index (χ0) is 16.6. The molecule has 2 saturated heterocycles. The van der Waals surface area contributed by atoms with Crippen LogP contribution in [0.2, 0.25) is 0 Å². The molecular formula is C15H18N2O5S. The van der Waals surface area contributed by atoms with Crippen molar-refractivity contribution in [2.24, 2.45) is 5.92 Å². The van der Waals surface area contributed by atoms with Gasteiger partial charge in [0, 0.05) is 24.9 Å². The molecule has 0 radical (unpaired) electrons. The van der Waals surface area contributed by atoms with Gasteiger partial charge in [-0.05, 0) is 11.4 Å². The van der Waals surface area contributed by atoms with E-state index in [0.717, 1.165) is 4.88 Å². The number of carbonyl (C=O) groups is 3. The Balaban J connectivity index is 1.80. The normalized spacial score (nSPS) is 28.2. The fourth-order valence-electron chi connectivity index (χ4n) is 3.17. The lowest BCUT2D eigenvalue weighted by atomic mass is 9.96. The molecule has 7 nitrogen and oxygen atoms in total. The molecule has 2 fully saturated rings. The van der Waals surface area contributed by atoms with Crippen LogP contribution in [0.1, 0.15) is 17.3 Å². The molecule has 0 saturated carbocycles. The van der Waals surface area contributed by atoms with Crippen LogP contribution in [0.4, 0.5) is 0 Å². The van der Waals surface area contributed by atoms with Crippen LogP contribution in [0.25, 0.3) is 0 Å². The third-order valence-corrected chi connectivity index (χ3v) is 5.33. The molecule has 1 N–H and O–H groups in total. The maximum Gasteiger partial charge on any atom is 0.334 e. The number of hydrogen-bond acceptors (Lipinski definition) is 5. The maximum atomic E-state index is 12.9. The van der Waals surface area contributed by atoms with Gasteiger partial charge in [-0.15, -0.1) is 11.3 Å². The summed E-state index contributed by atoms with van der Waals surface area (Å²) in [6.07, 6.45) is -0.838. The van der Waals surface area contributed by atoms with E-state index in [1.165, 1.54) is 16.2 Å². The first-order chi connectivity index (χ1) is 11.0.